The minimum absolute atomic E-state index is 0.137. The van der Waals surface area contributed by atoms with E-state index in [4.69, 9.17) is 4.98 Å². The van der Waals surface area contributed by atoms with E-state index in [0.717, 1.165) is 23.0 Å². The van der Waals surface area contributed by atoms with Crippen molar-refractivity contribution in [2.45, 2.75) is 39.9 Å². The van der Waals surface area contributed by atoms with Gasteiger partial charge in [-0.15, -0.1) is 0 Å². The van der Waals surface area contributed by atoms with E-state index in [1.807, 2.05) is 6.92 Å². The number of aryl methyl sites for hydroxylation is 1. The monoisotopic (exact) mass is 394 g/mol. The summed E-state index contributed by atoms with van der Waals surface area (Å²) >= 11 is 0. The van der Waals surface area contributed by atoms with Gasteiger partial charge in [0.25, 0.3) is 5.91 Å². The Kier molecular flexibility index (Phi) is 4.84. The number of carbonyl (C=O) groups excluding carboxylic acids is 1. The van der Waals surface area contributed by atoms with Crippen LogP contribution < -0.4 is 10.6 Å². The molecule has 0 aliphatic carbocycles. The van der Waals surface area contributed by atoms with Gasteiger partial charge in [0.2, 0.25) is 0 Å². The molecule has 1 aliphatic rings. The van der Waals surface area contributed by atoms with Crippen LogP contribution in [0.1, 0.15) is 41.2 Å². The van der Waals surface area contributed by atoms with Gasteiger partial charge in [-0.05, 0) is 36.2 Å². The standard InChI is InChI=1S/C22H23FN4O2/c1-11(2)24-10-19-12(3)26-21(27-19)16-7-6-14(17-9-25-22(29)20(16)17)15-5-4-13(28)8-18(15)23/h4-8,11,24,28H,9-10H2,1-3H3,(H,25,29)(H,26,27). The van der Waals surface area contributed by atoms with Crippen molar-refractivity contribution in [1.29, 1.82) is 0 Å². The lowest BCUT2D eigenvalue weighted by molar-refractivity contribution is 0.0966. The third kappa shape index (κ3) is 3.49. The fourth-order valence-electron chi connectivity index (χ4n) is 3.62. The van der Waals surface area contributed by atoms with Crippen LogP contribution in [0.15, 0.2) is 30.3 Å². The second-order valence-electron chi connectivity index (χ2n) is 7.55. The zero-order valence-corrected chi connectivity index (χ0v) is 16.6. The van der Waals surface area contributed by atoms with Crippen LogP contribution in [0.2, 0.25) is 0 Å². The lowest BCUT2D eigenvalue weighted by atomic mass is 9.93. The molecule has 150 valence electrons. The molecule has 0 radical (unpaired) electrons. The molecule has 0 unspecified atom stereocenters. The van der Waals surface area contributed by atoms with Crippen LogP contribution in [0.25, 0.3) is 22.5 Å². The summed E-state index contributed by atoms with van der Waals surface area (Å²) in [6.07, 6.45) is 0. The Hall–Kier alpha value is -3.19. The molecule has 1 aromatic heterocycles. The molecule has 6 nitrogen and oxygen atoms in total. The van der Waals surface area contributed by atoms with Gasteiger partial charge in [0.1, 0.15) is 17.4 Å². The minimum atomic E-state index is -0.532. The molecule has 4 N–H and O–H groups in total. The van der Waals surface area contributed by atoms with E-state index in [0.29, 0.717) is 47.2 Å². The molecule has 29 heavy (non-hydrogen) atoms. The average molecular weight is 394 g/mol. The van der Waals surface area contributed by atoms with Crippen LogP contribution in [0.3, 0.4) is 0 Å². The molecule has 0 fully saturated rings. The van der Waals surface area contributed by atoms with E-state index in [-0.39, 0.29) is 11.7 Å². The fourth-order valence-corrected chi connectivity index (χ4v) is 3.62. The number of aromatic nitrogens is 2. The number of phenolic OH excluding ortho intramolecular Hbond substituents is 1. The summed E-state index contributed by atoms with van der Waals surface area (Å²) < 4.78 is 14.4. The molecule has 0 atom stereocenters. The highest BCUT2D eigenvalue weighted by Crippen LogP contribution is 2.37. The summed E-state index contributed by atoms with van der Waals surface area (Å²) in [4.78, 5) is 20.6. The van der Waals surface area contributed by atoms with Gasteiger partial charge in [-0.1, -0.05) is 19.9 Å². The van der Waals surface area contributed by atoms with E-state index in [2.05, 4.69) is 29.5 Å². The molecule has 2 heterocycles. The number of hydrogen-bond donors (Lipinski definition) is 4. The maximum Gasteiger partial charge on any atom is 0.252 e. The Morgan fingerprint density at radius 3 is 2.66 bits per heavy atom. The highest BCUT2D eigenvalue weighted by molar-refractivity contribution is 6.06. The molecular formula is C22H23FN4O2. The Balaban J connectivity index is 1.80. The van der Waals surface area contributed by atoms with Gasteiger partial charge in [0.15, 0.2) is 0 Å². The van der Waals surface area contributed by atoms with Crippen molar-refractivity contribution in [3.05, 3.63) is 58.7 Å². The molecule has 3 aromatic rings. The van der Waals surface area contributed by atoms with Gasteiger partial charge >= 0.3 is 0 Å². The molecule has 0 bridgehead atoms. The lowest BCUT2D eigenvalue weighted by Crippen LogP contribution is -2.22. The van der Waals surface area contributed by atoms with Crippen molar-refractivity contribution in [3.8, 4) is 28.3 Å². The van der Waals surface area contributed by atoms with Crippen LogP contribution in [0.4, 0.5) is 4.39 Å². The Labute approximate surface area is 168 Å². The maximum atomic E-state index is 14.4. The predicted molar refractivity (Wildman–Crippen MR) is 109 cm³/mol. The molecule has 0 spiro atoms. The molecule has 1 amide bonds. The number of H-pyrrole nitrogens is 1. The van der Waals surface area contributed by atoms with Crippen molar-refractivity contribution in [2.24, 2.45) is 0 Å². The number of halogens is 1. The van der Waals surface area contributed by atoms with E-state index < -0.39 is 5.82 Å². The first kappa shape index (κ1) is 19.1. The summed E-state index contributed by atoms with van der Waals surface area (Å²) in [5, 5.41) is 15.7. The quantitative estimate of drug-likeness (QED) is 0.532. The van der Waals surface area contributed by atoms with Gasteiger partial charge in [-0.2, -0.15) is 0 Å². The van der Waals surface area contributed by atoms with Crippen molar-refractivity contribution >= 4 is 5.91 Å². The first-order valence-electron chi connectivity index (χ1n) is 9.57. The fraction of sp³-hybridized carbons (Fsp3) is 0.273. The van der Waals surface area contributed by atoms with Gasteiger partial charge in [-0.3, -0.25) is 4.79 Å². The van der Waals surface area contributed by atoms with E-state index in [1.54, 1.807) is 12.1 Å². The second kappa shape index (κ2) is 7.33. The Morgan fingerprint density at radius 2 is 1.93 bits per heavy atom. The number of aromatic hydroxyl groups is 1. The van der Waals surface area contributed by atoms with E-state index >= 15 is 0 Å². The highest BCUT2D eigenvalue weighted by Gasteiger charge is 2.28. The molecule has 1 aliphatic heterocycles. The number of nitrogens with zero attached hydrogens (tertiary/aromatic N) is 1. The average Bonchev–Trinajstić information content (AvgIpc) is 3.23. The number of imidazole rings is 1. The molecule has 0 saturated heterocycles. The number of hydrogen-bond acceptors (Lipinski definition) is 4. The van der Waals surface area contributed by atoms with Crippen LogP contribution in [-0.2, 0) is 13.1 Å². The van der Waals surface area contributed by atoms with Crippen molar-refractivity contribution in [1.82, 2.24) is 20.6 Å². The lowest BCUT2D eigenvalue weighted by Gasteiger charge is -2.11. The van der Waals surface area contributed by atoms with Gasteiger partial charge < -0.3 is 20.7 Å². The summed E-state index contributed by atoms with van der Waals surface area (Å²) in [6.45, 7) is 7.04. The van der Waals surface area contributed by atoms with Crippen LogP contribution >= 0.6 is 0 Å². The van der Waals surface area contributed by atoms with Gasteiger partial charge in [-0.25, -0.2) is 9.37 Å². The van der Waals surface area contributed by atoms with Crippen LogP contribution in [0, 0.1) is 12.7 Å². The van der Waals surface area contributed by atoms with Crippen molar-refractivity contribution < 1.29 is 14.3 Å². The summed E-state index contributed by atoms with van der Waals surface area (Å²) in [6, 6.07) is 7.97. The molecule has 2 aromatic carbocycles. The van der Waals surface area contributed by atoms with E-state index in [1.165, 1.54) is 12.1 Å². The summed E-state index contributed by atoms with van der Waals surface area (Å²) in [5.41, 5.74) is 4.74. The van der Waals surface area contributed by atoms with E-state index in [9.17, 15) is 14.3 Å². The smallest absolute Gasteiger partial charge is 0.252 e. The summed E-state index contributed by atoms with van der Waals surface area (Å²) in [7, 11) is 0. The zero-order valence-electron chi connectivity index (χ0n) is 16.6. The number of nitrogens with one attached hydrogen (secondary N) is 3. The predicted octanol–water partition coefficient (Wildman–Crippen LogP) is 3.64. The maximum absolute atomic E-state index is 14.4. The normalized spacial score (nSPS) is 13.1. The third-order valence-electron chi connectivity index (χ3n) is 5.13. The summed E-state index contributed by atoms with van der Waals surface area (Å²) in [5.74, 6) is -0.251. The van der Waals surface area contributed by atoms with Gasteiger partial charge in [0, 0.05) is 42.0 Å². The van der Waals surface area contributed by atoms with Crippen molar-refractivity contribution in [2.75, 3.05) is 0 Å². The largest absolute Gasteiger partial charge is 0.508 e. The number of rotatable bonds is 5. The van der Waals surface area contributed by atoms with Crippen LogP contribution in [0.5, 0.6) is 5.75 Å². The number of carbonyl (C=O) groups is 1. The molecule has 0 saturated carbocycles. The molecular weight excluding hydrogens is 371 g/mol. The number of benzene rings is 2. The highest BCUT2D eigenvalue weighted by atomic mass is 19.1. The van der Waals surface area contributed by atoms with Crippen molar-refractivity contribution in [3.63, 3.8) is 0 Å². The Bertz CT molecular complexity index is 1100. The molecule has 4 rings (SSSR count). The SMILES string of the molecule is Cc1[nH]c(-c2ccc(-c3ccc(O)cc3F)c3c2C(=O)NC3)nc1CNC(C)C. The first-order valence-corrected chi connectivity index (χ1v) is 9.57. The zero-order chi connectivity index (χ0) is 20.7. The first-order chi connectivity index (χ1) is 13.8. The number of phenols is 1. The topological polar surface area (TPSA) is 90.0 Å². The third-order valence-corrected chi connectivity index (χ3v) is 5.13. The van der Waals surface area contributed by atoms with Gasteiger partial charge in [0.05, 0.1) is 11.3 Å². The molecule has 7 heteroatoms. The number of fused-ring (bicyclic) bond motifs is 1. The second-order valence-corrected chi connectivity index (χ2v) is 7.55. The minimum Gasteiger partial charge on any atom is -0.508 e. The Morgan fingerprint density at radius 1 is 1.21 bits per heavy atom. The van der Waals surface area contributed by atoms with Crippen LogP contribution in [-0.4, -0.2) is 27.0 Å². The number of amides is 1. The number of aromatic amines is 1.